The van der Waals surface area contributed by atoms with E-state index in [1.165, 1.54) is 0 Å². The molecule has 1 aromatic rings. The number of hydrogen-bond donors (Lipinski definition) is 2. The van der Waals surface area contributed by atoms with Gasteiger partial charge in [0.2, 0.25) is 5.91 Å². The van der Waals surface area contributed by atoms with Gasteiger partial charge in [0.15, 0.2) is 0 Å². The summed E-state index contributed by atoms with van der Waals surface area (Å²) in [5, 5.41) is 2.89. The molecule has 0 bridgehead atoms. The van der Waals surface area contributed by atoms with E-state index in [-0.39, 0.29) is 36.2 Å². The van der Waals surface area contributed by atoms with Crippen LogP contribution in [-0.2, 0) is 4.79 Å². The molecule has 1 saturated carbocycles. The lowest BCUT2D eigenvalue weighted by Gasteiger charge is -2.19. The molecular formula is C17H26ClN3O2. The molecule has 2 atom stereocenters. The van der Waals surface area contributed by atoms with Gasteiger partial charge in [0.25, 0.3) is 5.91 Å². The first-order chi connectivity index (χ1) is 10.6. The SMILES string of the molecule is CCN(CC)C(=O)c1cccc(NC(=O)C2CCCC2N)c1.Cl. The monoisotopic (exact) mass is 339 g/mol. The van der Waals surface area contributed by atoms with Crippen LogP contribution < -0.4 is 11.1 Å². The fraction of sp³-hybridized carbons (Fsp3) is 0.529. The molecule has 0 aromatic heterocycles. The Morgan fingerprint density at radius 1 is 1.26 bits per heavy atom. The summed E-state index contributed by atoms with van der Waals surface area (Å²) in [5.74, 6) is -0.182. The molecule has 3 N–H and O–H groups in total. The van der Waals surface area contributed by atoms with Gasteiger partial charge in [-0.3, -0.25) is 9.59 Å². The number of rotatable bonds is 5. The molecule has 2 rings (SSSR count). The summed E-state index contributed by atoms with van der Waals surface area (Å²) < 4.78 is 0. The van der Waals surface area contributed by atoms with Gasteiger partial charge in [0.1, 0.15) is 0 Å². The standard InChI is InChI=1S/C17H25N3O2.ClH/c1-3-20(4-2)17(22)12-7-5-8-13(11-12)19-16(21)14-9-6-10-15(14)18;/h5,7-8,11,14-15H,3-4,6,9-10,18H2,1-2H3,(H,19,21);1H. The van der Waals surface area contributed by atoms with Crippen LogP contribution in [0.15, 0.2) is 24.3 Å². The average molecular weight is 340 g/mol. The molecular weight excluding hydrogens is 314 g/mol. The van der Waals surface area contributed by atoms with E-state index in [0.717, 1.165) is 19.3 Å². The summed E-state index contributed by atoms with van der Waals surface area (Å²) >= 11 is 0. The largest absolute Gasteiger partial charge is 0.339 e. The van der Waals surface area contributed by atoms with Gasteiger partial charge in [-0.25, -0.2) is 0 Å². The molecule has 1 aliphatic carbocycles. The van der Waals surface area contributed by atoms with Crippen molar-refractivity contribution in [3.05, 3.63) is 29.8 Å². The minimum atomic E-state index is -0.123. The highest BCUT2D eigenvalue weighted by Gasteiger charge is 2.30. The maximum atomic E-state index is 12.3. The average Bonchev–Trinajstić information content (AvgIpc) is 2.95. The van der Waals surface area contributed by atoms with Crippen molar-refractivity contribution in [2.75, 3.05) is 18.4 Å². The third-order valence-corrected chi connectivity index (χ3v) is 4.33. The number of nitrogens with two attached hydrogens (primary N) is 1. The van der Waals surface area contributed by atoms with E-state index in [9.17, 15) is 9.59 Å². The number of benzene rings is 1. The Morgan fingerprint density at radius 2 is 1.96 bits per heavy atom. The molecule has 0 spiro atoms. The first-order valence-corrected chi connectivity index (χ1v) is 8.02. The zero-order valence-electron chi connectivity index (χ0n) is 13.7. The van der Waals surface area contributed by atoms with E-state index >= 15 is 0 Å². The van der Waals surface area contributed by atoms with Crippen molar-refractivity contribution in [1.29, 1.82) is 0 Å². The van der Waals surface area contributed by atoms with Crippen molar-refractivity contribution in [3.63, 3.8) is 0 Å². The van der Waals surface area contributed by atoms with Crippen molar-refractivity contribution >= 4 is 29.9 Å². The summed E-state index contributed by atoms with van der Waals surface area (Å²) in [5.41, 5.74) is 7.22. The summed E-state index contributed by atoms with van der Waals surface area (Å²) in [6, 6.07) is 7.05. The topological polar surface area (TPSA) is 75.4 Å². The fourth-order valence-corrected chi connectivity index (χ4v) is 2.97. The van der Waals surface area contributed by atoms with Gasteiger partial charge < -0.3 is 16.0 Å². The smallest absolute Gasteiger partial charge is 0.253 e. The summed E-state index contributed by atoms with van der Waals surface area (Å²) in [7, 11) is 0. The van der Waals surface area contributed by atoms with E-state index in [1.54, 1.807) is 29.2 Å². The molecule has 2 unspecified atom stereocenters. The van der Waals surface area contributed by atoms with Crippen molar-refractivity contribution in [2.45, 2.75) is 39.2 Å². The number of halogens is 1. The Kier molecular flexibility index (Phi) is 7.52. The van der Waals surface area contributed by atoms with E-state index in [1.807, 2.05) is 13.8 Å². The molecule has 23 heavy (non-hydrogen) atoms. The summed E-state index contributed by atoms with van der Waals surface area (Å²) in [6.45, 7) is 5.24. The number of nitrogens with zero attached hydrogens (tertiary/aromatic N) is 1. The predicted molar refractivity (Wildman–Crippen MR) is 94.9 cm³/mol. The molecule has 0 radical (unpaired) electrons. The highest BCUT2D eigenvalue weighted by Crippen LogP contribution is 2.25. The van der Waals surface area contributed by atoms with Gasteiger partial charge in [-0.05, 0) is 44.9 Å². The Bertz CT molecular complexity index is 546. The number of carbonyl (C=O) groups is 2. The second kappa shape index (κ2) is 8.89. The van der Waals surface area contributed by atoms with Crippen LogP contribution in [-0.4, -0.2) is 35.8 Å². The van der Waals surface area contributed by atoms with Crippen LogP contribution in [0, 0.1) is 5.92 Å². The molecule has 1 fully saturated rings. The van der Waals surface area contributed by atoms with Crippen molar-refractivity contribution < 1.29 is 9.59 Å². The number of anilines is 1. The lowest BCUT2D eigenvalue weighted by molar-refractivity contribution is -0.120. The van der Waals surface area contributed by atoms with Crippen LogP contribution in [0.5, 0.6) is 0 Å². The fourth-order valence-electron chi connectivity index (χ4n) is 2.97. The van der Waals surface area contributed by atoms with Crippen LogP contribution in [0.3, 0.4) is 0 Å². The van der Waals surface area contributed by atoms with Gasteiger partial charge in [-0.2, -0.15) is 0 Å². The quantitative estimate of drug-likeness (QED) is 0.866. The van der Waals surface area contributed by atoms with Crippen molar-refractivity contribution in [1.82, 2.24) is 4.90 Å². The maximum Gasteiger partial charge on any atom is 0.253 e. The Morgan fingerprint density at radius 3 is 2.52 bits per heavy atom. The van der Waals surface area contributed by atoms with Gasteiger partial charge in [0.05, 0.1) is 5.92 Å². The first kappa shape index (κ1) is 19.5. The maximum absolute atomic E-state index is 12.3. The zero-order chi connectivity index (χ0) is 16.1. The second-order valence-corrected chi connectivity index (χ2v) is 5.75. The summed E-state index contributed by atoms with van der Waals surface area (Å²) in [6.07, 6.45) is 2.74. The zero-order valence-corrected chi connectivity index (χ0v) is 14.6. The molecule has 2 amide bonds. The highest BCUT2D eigenvalue weighted by atomic mass is 35.5. The van der Waals surface area contributed by atoms with E-state index < -0.39 is 0 Å². The van der Waals surface area contributed by atoms with Crippen molar-refractivity contribution in [2.24, 2.45) is 11.7 Å². The molecule has 0 aliphatic heterocycles. The Balaban J connectivity index is 0.00000264. The number of amides is 2. The molecule has 0 heterocycles. The van der Waals surface area contributed by atoms with Crippen LogP contribution in [0.4, 0.5) is 5.69 Å². The van der Waals surface area contributed by atoms with Crippen LogP contribution in [0.1, 0.15) is 43.5 Å². The van der Waals surface area contributed by atoms with Gasteiger partial charge in [0, 0.05) is 30.4 Å². The van der Waals surface area contributed by atoms with Gasteiger partial charge in [-0.15, -0.1) is 12.4 Å². The molecule has 5 nitrogen and oxygen atoms in total. The normalized spacial score (nSPS) is 19.8. The number of nitrogens with one attached hydrogen (secondary N) is 1. The summed E-state index contributed by atoms with van der Waals surface area (Å²) in [4.78, 5) is 26.4. The lowest BCUT2D eigenvalue weighted by Crippen LogP contribution is -2.34. The van der Waals surface area contributed by atoms with Crippen LogP contribution in [0.25, 0.3) is 0 Å². The second-order valence-electron chi connectivity index (χ2n) is 5.75. The van der Waals surface area contributed by atoms with E-state index in [4.69, 9.17) is 5.73 Å². The minimum Gasteiger partial charge on any atom is -0.339 e. The number of carbonyl (C=O) groups excluding carboxylic acids is 2. The van der Waals surface area contributed by atoms with Gasteiger partial charge in [-0.1, -0.05) is 12.5 Å². The van der Waals surface area contributed by atoms with Crippen LogP contribution in [0.2, 0.25) is 0 Å². The first-order valence-electron chi connectivity index (χ1n) is 8.02. The third kappa shape index (κ3) is 4.69. The van der Waals surface area contributed by atoms with Crippen LogP contribution >= 0.6 is 12.4 Å². The van der Waals surface area contributed by atoms with Gasteiger partial charge >= 0.3 is 0 Å². The minimum absolute atomic E-state index is 0. The molecule has 128 valence electrons. The molecule has 0 saturated heterocycles. The molecule has 1 aliphatic rings. The lowest BCUT2D eigenvalue weighted by atomic mass is 10.0. The highest BCUT2D eigenvalue weighted by molar-refractivity contribution is 5.97. The third-order valence-electron chi connectivity index (χ3n) is 4.33. The Hall–Kier alpha value is -1.59. The predicted octanol–water partition coefficient (Wildman–Crippen LogP) is 2.66. The van der Waals surface area contributed by atoms with Crippen molar-refractivity contribution in [3.8, 4) is 0 Å². The molecule has 1 aromatic carbocycles. The van der Waals surface area contributed by atoms with E-state index in [2.05, 4.69) is 5.32 Å². The van der Waals surface area contributed by atoms with E-state index in [0.29, 0.717) is 24.3 Å². The molecule has 6 heteroatoms. The number of hydrogen-bond acceptors (Lipinski definition) is 3. The Labute approximate surface area is 144 Å².